The van der Waals surface area contributed by atoms with Crippen LogP contribution in [0.5, 0.6) is 0 Å². The molecule has 4 rings (SSSR count). The van der Waals surface area contributed by atoms with Gasteiger partial charge in [-0.3, -0.25) is 29.8 Å². The Kier molecular flexibility index (Phi) is 21.3. The van der Waals surface area contributed by atoms with Gasteiger partial charge in [0.1, 0.15) is 0 Å². The average Bonchev–Trinajstić information content (AvgIpc) is 3.64. The Balaban J connectivity index is 0.00000192. The number of nitrogens with one attached hydrogen (secondary N) is 2. The number of carbonyl (C=O) groups is 5. The summed E-state index contributed by atoms with van der Waals surface area (Å²) in [5.74, 6) is -3.17. The number of carboxylic acids is 2. The van der Waals surface area contributed by atoms with Crippen LogP contribution in [0.2, 0.25) is 0 Å². The van der Waals surface area contributed by atoms with Crippen LogP contribution in [0.1, 0.15) is 68.3 Å². The van der Waals surface area contributed by atoms with E-state index in [2.05, 4.69) is 25.5 Å². The largest absolute Gasteiger partial charge is 0.565 e. The molecule has 3 atom stereocenters. The second-order valence-corrected chi connectivity index (χ2v) is 12.7. The molecule has 2 amide bonds. The van der Waals surface area contributed by atoms with Crippen LogP contribution in [0.3, 0.4) is 0 Å². The monoisotopic (exact) mass is 830 g/mol. The number of benzene rings is 1. The quantitative estimate of drug-likeness (QED) is 0.119. The van der Waals surface area contributed by atoms with Crippen LogP contribution in [-0.4, -0.2) is 92.5 Å². The average molecular weight is 831 g/mol. The summed E-state index contributed by atoms with van der Waals surface area (Å²) < 4.78 is 0. The summed E-state index contributed by atoms with van der Waals surface area (Å²) in [4.78, 5) is 70.8. The zero-order valence-corrected chi connectivity index (χ0v) is 31.9. The van der Waals surface area contributed by atoms with E-state index < -0.39 is 42.1 Å². The predicted octanol–water partition coefficient (Wildman–Crippen LogP) is -0.119. The second kappa shape index (κ2) is 25.3. The molecule has 3 heterocycles. The first-order valence-electron chi connectivity index (χ1n) is 17.7. The van der Waals surface area contributed by atoms with E-state index in [9.17, 15) is 29.4 Å². The maximum atomic E-state index is 13.5. The number of rotatable bonds is 21. The summed E-state index contributed by atoms with van der Waals surface area (Å²) >= 11 is 0. The van der Waals surface area contributed by atoms with Gasteiger partial charge in [0.05, 0.1) is 35.4 Å². The summed E-state index contributed by atoms with van der Waals surface area (Å²) in [5.41, 5.74) is 2.84. The van der Waals surface area contributed by atoms with Crippen LogP contribution in [0.25, 0.3) is 0 Å². The number of aliphatic carboxylic acids is 2. The first kappa shape index (κ1) is 45.4. The molecule has 54 heavy (non-hydrogen) atoms. The summed E-state index contributed by atoms with van der Waals surface area (Å²) in [6.45, 7) is 2.63. The molecule has 293 valence electrons. The van der Waals surface area contributed by atoms with Gasteiger partial charge in [-0.1, -0.05) is 42.5 Å². The first-order valence-corrected chi connectivity index (χ1v) is 17.7. The van der Waals surface area contributed by atoms with E-state index >= 15 is 0 Å². The summed E-state index contributed by atoms with van der Waals surface area (Å²) in [5, 5.41) is 45.0. The van der Waals surface area contributed by atoms with Gasteiger partial charge in [-0.2, -0.15) is 0 Å². The zero-order chi connectivity index (χ0) is 38.4. The predicted molar refractivity (Wildman–Crippen MR) is 187 cm³/mol. The van der Waals surface area contributed by atoms with Crippen molar-refractivity contribution in [3.8, 4) is 0 Å². The molecule has 2 aromatic heterocycles. The van der Waals surface area contributed by atoms with E-state index in [1.807, 2.05) is 66.7 Å². The van der Waals surface area contributed by atoms with E-state index in [-0.39, 0.29) is 45.4 Å². The van der Waals surface area contributed by atoms with E-state index in [4.69, 9.17) is 15.0 Å². The Morgan fingerprint density at radius 1 is 0.833 bits per heavy atom. The number of nitrogens with zero attached hydrogens (tertiary/aromatic N) is 4. The van der Waals surface area contributed by atoms with Crippen molar-refractivity contribution in [2.45, 2.75) is 89.0 Å². The Labute approximate surface area is 328 Å². The van der Waals surface area contributed by atoms with E-state index in [0.29, 0.717) is 71.1 Å². The van der Waals surface area contributed by atoms with Gasteiger partial charge < -0.3 is 45.0 Å². The molecule has 1 aliphatic rings. The molecule has 3 N–H and O–H groups in total. The van der Waals surface area contributed by atoms with Gasteiger partial charge >= 0.3 is 0 Å². The Hall–Kier alpha value is -4.76. The molecular formula is C38H47N6O9Tc-3. The molecule has 1 aliphatic heterocycles. The number of hydrogen-bond donors (Lipinski definition) is 3. The third kappa shape index (κ3) is 17.4. The van der Waals surface area contributed by atoms with Crippen LogP contribution < -0.4 is 26.0 Å². The van der Waals surface area contributed by atoms with Crippen molar-refractivity contribution >= 4 is 29.9 Å². The molecule has 0 saturated carbocycles. The van der Waals surface area contributed by atoms with Crippen molar-refractivity contribution in [3.05, 3.63) is 96.1 Å². The minimum atomic E-state index is -2.08. The van der Waals surface area contributed by atoms with Crippen LogP contribution in [0.15, 0.2) is 79.1 Å². The van der Waals surface area contributed by atoms with E-state index in [1.165, 1.54) is 4.90 Å². The van der Waals surface area contributed by atoms with E-state index in [1.54, 1.807) is 12.4 Å². The third-order valence-corrected chi connectivity index (χ3v) is 8.70. The van der Waals surface area contributed by atoms with Crippen LogP contribution in [0, 0.1) is 0 Å². The first-order chi connectivity index (χ1) is 25.5. The summed E-state index contributed by atoms with van der Waals surface area (Å²) in [7, 11) is 0. The number of carboxylic acid groups (broad SMARTS) is 4. The number of amides is 2. The van der Waals surface area contributed by atoms with Gasteiger partial charge in [-0.15, -0.1) is 0 Å². The van der Waals surface area contributed by atoms with Crippen LogP contribution >= 0.6 is 0 Å². The van der Waals surface area contributed by atoms with Gasteiger partial charge in [0.15, 0.2) is 0 Å². The molecule has 0 aliphatic carbocycles. The number of aromatic nitrogens is 2. The Morgan fingerprint density at radius 3 is 2.00 bits per heavy atom. The number of aryl methyl sites for hydroxylation is 1. The van der Waals surface area contributed by atoms with Gasteiger partial charge in [0.2, 0.25) is 18.0 Å². The molecule has 0 bridgehead atoms. The Bertz CT molecular complexity index is 1530. The maximum absolute atomic E-state index is 13.5. The summed E-state index contributed by atoms with van der Waals surface area (Å²) in [6, 6.07) is 18.0. The summed E-state index contributed by atoms with van der Waals surface area (Å²) in [6.07, 6.45) is 5.29. The van der Waals surface area contributed by atoms with Gasteiger partial charge in [-0.25, -0.2) is 0 Å². The fraction of sp³-hybridized carbons (Fsp3) is 0.447. The Morgan fingerprint density at radius 2 is 1.44 bits per heavy atom. The smallest absolute Gasteiger partial charge is 0.249 e. The van der Waals surface area contributed by atoms with Crippen LogP contribution in [0.4, 0.5) is 4.79 Å². The van der Waals surface area contributed by atoms with E-state index in [0.717, 1.165) is 17.0 Å². The second-order valence-electron chi connectivity index (χ2n) is 12.7. The topological polar surface area (TPSA) is 231 Å². The molecule has 1 aromatic carbocycles. The van der Waals surface area contributed by atoms with Crippen molar-refractivity contribution < 1.29 is 64.5 Å². The molecule has 1 radical (unpaired) electrons. The number of carbonyl (C=O) groups excluding carboxylic acids is 4. The minimum Gasteiger partial charge on any atom is -0.565 e. The fourth-order valence-corrected chi connectivity index (χ4v) is 6.13. The van der Waals surface area contributed by atoms with Crippen molar-refractivity contribution in [2.24, 2.45) is 0 Å². The van der Waals surface area contributed by atoms with Gasteiger partial charge in [0, 0.05) is 71.1 Å². The standard InChI is InChI=1S/C37H48N6O6.CH2O3.Tc/c44-34(18-11-24-42(26-29-14-4-7-21-38-29)27-30-15-5-8-22-39-30)40-23-9-6-16-31(35(45)43-25-10-17-33(43)37(48)49)41-32(36(46)47)20-19-28-12-2-1-3-13-28;2-1(3)4;/h1-5,7-8,12-15,21-22,31-33,41H,6,9-11,16-20,23-27H2,(H,40,44)(H,46,47)(H,48,49);(H2,2,3,4);/p-3/t31-,32-,33-;;/m0../s1/i;;1+1. The molecular weight excluding hydrogens is 783 g/mol. The number of likely N-dealkylation sites (tertiary alicyclic amines) is 1. The van der Waals surface area contributed by atoms with Crippen LogP contribution in [-0.2, 0) is 58.8 Å². The SMILES string of the molecule is O=C(CCCN(Cc1ccccn1)Cc1ccccn1)NCCCC[C@H](N[C@@H](CCc1ccccc1)C(=O)[O-])C(=O)N1CCC[C@H]1C(=O)[O-].O=C([O-])O.[99Tc]. The molecule has 3 aromatic rings. The molecule has 15 nitrogen and oxygen atoms in total. The van der Waals surface area contributed by atoms with Gasteiger partial charge in [-0.05, 0) is 87.7 Å². The number of unbranched alkanes of at least 4 members (excludes halogenated alkanes) is 1. The number of hydrogen-bond acceptors (Lipinski definition) is 12. The third-order valence-electron chi connectivity index (χ3n) is 8.70. The van der Waals surface area contributed by atoms with Gasteiger partial charge in [0.25, 0.3) is 0 Å². The van der Waals surface area contributed by atoms with Crippen molar-refractivity contribution in [3.63, 3.8) is 0 Å². The van der Waals surface area contributed by atoms with Crippen molar-refractivity contribution in [2.75, 3.05) is 19.6 Å². The van der Waals surface area contributed by atoms with Crippen molar-refractivity contribution in [1.29, 1.82) is 0 Å². The molecule has 16 heteroatoms. The maximum Gasteiger partial charge on any atom is 0.249 e. The molecule has 1 fully saturated rings. The fourth-order valence-electron chi connectivity index (χ4n) is 6.13. The molecule has 1 saturated heterocycles. The number of pyridine rings is 2. The molecule has 0 unspecified atom stereocenters. The normalized spacial score (nSPS) is 14.5. The minimum absolute atomic E-state index is 0. The zero-order valence-electron chi connectivity index (χ0n) is 30.0. The molecule has 0 spiro atoms. The van der Waals surface area contributed by atoms with Crippen molar-refractivity contribution in [1.82, 2.24) is 30.4 Å².